The molecule has 0 spiro atoms. The van der Waals surface area contributed by atoms with Crippen molar-refractivity contribution in [1.29, 1.82) is 0 Å². The first kappa shape index (κ1) is 51.5. The first-order valence-corrected chi connectivity index (χ1v) is 17.3. The summed E-state index contributed by atoms with van der Waals surface area (Å²) in [5.74, 6) is -11.4. The summed E-state index contributed by atoms with van der Waals surface area (Å²) >= 11 is 0. The summed E-state index contributed by atoms with van der Waals surface area (Å²) in [6, 6.07) is 0. The van der Waals surface area contributed by atoms with Crippen LogP contribution in [0.4, 0.5) is 0 Å². The number of nitrogens with zero attached hydrogens (tertiary/aromatic N) is 6. The third-order valence-electron chi connectivity index (χ3n) is 7.53. The van der Waals surface area contributed by atoms with Crippen molar-refractivity contribution in [1.82, 2.24) is 40.0 Å². The van der Waals surface area contributed by atoms with Gasteiger partial charge < -0.3 is 51.5 Å². The molecule has 0 heterocycles. The van der Waals surface area contributed by atoms with Gasteiger partial charge in [-0.2, -0.15) is 0 Å². The monoisotopic (exact) mass is 824 g/mol. The minimum Gasteiger partial charge on any atom is -0.480 e. The van der Waals surface area contributed by atoms with Crippen LogP contribution >= 0.6 is 0 Å². The Morgan fingerprint density at radius 1 is 0.281 bits per heavy atom. The summed E-state index contributed by atoms with van der Waals surface area (Å²) in [5, 5.41) is 78.3. The molecule has 0 bridgehead atoms. The van der Waals surface area contributed by atoms with Gasteiger partial charge in [-0.25, -0.2) is 0 Å². The first-order valence-electron chi connectivity index (χ1n) is 17.3. The molecule has 0 fully saturated rings. The van der Waals surface area contributed by atoms with E-state index in [2.05, 4.69) is 10.6 Å². The zero-order chi connectivity index (χ0) is 43.5. The van der Waals surface area contributed by atoms with Gasteiger partial charge in [-0.05, 0) is 6.42 Å². The fourth-order valence-corrected chi connectivity index (χ4v) is 5.12. The zero-order valence-corrected chi connectivity index (χ0v) is 31.2. The van der Waals surface area contributed by atoms with Crippen LogP contribution in [-0.4, -0.2) is 261 Å². The van der Waals surface area contributed by atoms with Crippen molar-refractivity contribution in [3.63, 3.8) is 0 Å². The lowest BCUT2D eigenvalue weighted by Gasteiger charge is -2.27. The second-order valence-corrected chi connectivity index (χ2v) is 12.6. The number of amides is 2. The third-order valence-corrected chi connectivity index (χ3v) is 7.53. The Hall–Kier alpha value is -5.54. The largest absolute Gasteiger partial charge is 0.480 e. The van der Waals surface area contributed by atoms with Crippen molar-refractivity contribution < 1.29 is 88.8 Å². The fourth-order valence-electron chi connectivity index (χ4n) is 5.12. The molecule has 57 heavy (non-hydrogen) atoms. The van der Waals surface area contributed by atoms with E-state index in [1.165, 1.54) is 19.6 Å². The van der Waals surface area contributed by atoms with Crippen LogP contribution < -0.4 is 10.6 Å². The Bertz CT molecular complexity index is 1250. The van der Waals surface area contributed by atoms with E-state index in [1.807, 2.05) is 0 Å². The van der Waals surface area contributed by atoms with Crippen molar-refractivity contribution in [3.8, 4) is 0 Å². The average Bonchev–Trinajstić information content (AvgIpc) is 3.04. The quantitative estimate of drug-likeness (QED) is 0.0263. The molecule has 0 unspecified atom stereocenters. The standard InChI is InChI=1S/C31H52N8O18/c40-22(12-36(16-26(46)47)8-4-34(14-24(42)43)6-10-38(18-28(50)51)19-29(52)53)32-2-1-3-33-23(41)13-37(17-27(48)49)9-5-35(15-25(44)45)7-11-39(20-30(54)55)21-31(56)57/h1-21H2,(H,32,40)(H,33,41)(H,42,43)(H,44,45)(H,46,47)(H,48,49)(H,50,51)(H,52,53)(H,54,55)(H,56,57). The highest BCUT2D eigenvalue weighted by atomic mass is 16.4. The van der Waals surface area contributed by atoms with E-state index in [4.69, 9.17) is 20.4 Å². The summed E-state index contributed by atoms with van der Waals surface area (Å²) in [5.41, 5.74) is 0. The molecule has 0 rings (SSSR count). The van der Waals surface area contributed by atoms with Gasteiger partial charge in [-0.1, -0.05) is 0 Å². The Kier molecular flexibility index (Phi) is 26.0. The van der Waals surface area contributed by atoms with Crippen LogP contribution in [0.2, 0.25) is 0 Å². The van der Waals surface area contributed by atoms with Crippen molar-refractivity contribution in [2.75, 3.05) is 131 Å². The maximum atomic E-state index is 12.6. The predicted octanol–water partition coefficient (Wildman–Crippen LogP) is -5.90. The number of carbonyl (C=O) groups is 10. The normalized spacial score (nSPS) is 11.3. The van der Waals surface area contributed by atoms with Crippen molar-refractivity contribution in [2.45, 2.75) is 6.42 Å². The minimum absolute atomic E-state index is 0.0257. The van der Waals surface area contributed by atoms with Gasteiger partial charge in [0, 0.05) is 65.4 Å². The van der Waals surface area contributed by atoms with E-state index in [9.17, 15) is 68.4 Å². The summed E-state index contributed by atoms with van der Waals surface area (Å²) in [6.45, 7) is -6.22. The van der Waals surface area contributed by atoms with Crippen LogP contribution in [0.3, 0.4) is 0 Å². The molecule has 26 heteroatoms. The fraction of sp³-hybridized carbons (Fsp3) is 0.677. The highest BCUT2D eigenvalue weighted by Gasteiger charge is 2.21. The second-order valence-electron chi connectivity index (χ2n) is 12.6. The van der Waals surface area contributed by atoms with E-state index in [0.717, 1.165) is 9.80 Å². The Morgan fingerprint density at radius 3 is 0.667 bits per heavy atom. The van der Waals surface area contributed by atoms with Gasteiger partial charge in [0.05, 0.1) is 65.4 Å². The van der Waals surface area contributed by atoms with Gasteiger partial charge in [0.1, 0.15) is 0 Å². The van der Waals surface area contributed by atoms with Crippen LogP contribution in [0, 0.1) is 0 Å². The van der Waals surface area contributed by atoms with E-state index < -0.39 is 125 Å². The van der Waals surface area contributed by atoms with E-state index >= 15 is 0 Å². The summed E-state index contributed by atoms with van der Waals surface area (Å²) in [4.78, 5) is 122. The number of hydrogen-bond donors (Lipinski definition) is 10. The smallest absolute Gasteiger partial charge is 0.317 e. The predicted molar refractivity (Wildman–Crippen MR) is 190 cm³/mol. The van der Waals surface area contributed by atoms with Crippen LogP contribution in [0.15, 0.2) is 0 Å². The Balaban J connectivity index is 5.06. The molecule has 0 saturated heterocycles. The molecule has 10 N–H and O–H groups in total. The van der Waals surface area contributed by atoms with Gasteiger partial charge in [-0.15, -0.1) is 0 Å². The summed E-state index contributed by atoms with van der Waals surface area (Å²) < 4.78 is 0. The number of carboxylic acids is 8. The number of nitrogens with one attached hydrogen (secondary N) is 2. The number of carboxylic acid groups (broad SMARTS) is 8. The molecule has 0 aliphatic heterocycles. The van der Waals surface area contributed by atoms with Crippen molar-refractivity contribution in [3.05, 3.63) is 0 Å². The molecule has 0 atom stereocenters. The van der Waals surface area contributed by atoms with Gasteiger partial charge >= 0.3 is 47.8 Å². The first-order chi connectivity index (χ1) is 26.6. The third kappa shape index (κ3) is 30.4. The number of aliphatic carboxylic acids is 8. The lowest BCUT2D eigenvalue weighted by Crippen LogP contribution is -2.47. The maximum absolute atomic E-state index is 12.6. The summed E-state index contributed by atoms with van der Waals surface area (Å²) in [7, 11) is 0. The maximum Gasteiger partial charge on any atom is 0.317 e. The lowest BCUT2D eigenvalue weighted by atomic mass is 10.3. The van der Waals surface area contributed by atoms with E-state index in [0.29, 0.717) is 0 Å². The molecule has 0 aromatic heterocycles. The van der Waals surface area contributed by atoms with E-state index in [1.54, 1.807) is 0 Å². The lowest BCUT2D eigenvalue weighted by molar-refractivity contribution is -0.144. The molecule has 2 amide bonds. The number of hydrogen-bond acceptors (Lipinski definition) is 16. The SMILES string of the molecule is O=C(O)CN(CCN(CC(=O)O)CC(=O)O)CCN(CC(=O)O)CC(=O)NCCCNC(=O)CN(CCN(CCN(CC(=O)O)CC(=O)O)CC(=O)O)CC(=O)O. The molecule has 0 aromatic carbocycles. The van der Waals surface area contributed by atoms with Crippen LogP contribution in [-0.2, 0) is 47.9 Å². The van der Waals surface area contributed by atoms with E-state index in [-0.39, 0.29) is 71.9 Å². The number of rotatable bonds is 36. The van der Waals surface area contributed by atoms with Gasteiger partial charge in [0.25, 0.3) is 0 Å². The molecule has 0 aromatic rings. The molecule has 0 saturated carbocycles. The van der Waals surface area contributed by atoms with Gasteiger partial charge in [0.2, 0.25) is 11.8 Å². The molecule has 0 radical (unpaired) electrons. The minimum atomic E-state index is -1.29. The second kappa shape index (κ2) is 28.8. The van der Waals surface area contributed by atoms with Crippen molar-refractivity contribution >= 4 is 59.6 Å². The summed E-state index contributed by atoms with van der Waals surface area (Å²) in [6.07, 6.45) is 0.195. The zero-order valence-electron chi connectivity index (χ0n) is 31.2. The number of carbonyl (C=O) groups excluding carboxylic acids is 2. The molecule has 0 aliphatic rings. The van der Waals surface area contributed by atoms with Crippen LogP contribution in [0.25, 0.3) is 0 Å². The molecular weight excluding hydrogens is 772 g/mol. The van der Waals surface area contributed by atoms with Crippen molar-refractivity contribution in [2.24, 2.45) is 0 Å². The topological polar surface area (TPSA) is 376 Å². The highest BCUT2D eigenvalue weighted by Crippen LogP contribution is 1.99. The van der Waals surface area contributed by atoms with Gasteiger partial charge in [0.15, 0.2) is 0 Å². The molecule has 26 nitrogen and oxygen atoms in total. The van der Waals surface area contributed by atoms with Crippen LogP contribution in [0.5, 0.6) is 0 Å². The van der Waals surface area contributed by atoms with Gasteiger partial charge in [-0.3, -0.25) is 77.3 Å². The molecular formula is C31H52N8O18. The molecule has 324 valence electrons. The highest BCUT2D eigenvalue weighted by molar-refractivity contribution is 5.80. The Morgan fingerprint density at radius 2 is 0.456 bits per heavy atom. The molecule has 0 aliphatic carbocycles. The average molecular weight is 825 g/mol. The Labute approximate surface area is 325 Å². The van der Waals surface area contributed by atoms with Crippen LogP contribution in [0.1, 0.15) is 6.42 Å².